The van der Waals surface area contributed by atoms with Crippen LogP contribution in [0.3, 0.4) is 0 Å². The number of benzene rings is 1. The largest absolute Gasteiger partial charge is 0.382 e. The fourth-order valence-electron chi connectivity index (χ4n) is 3.44. The van der Waals surface area contributed by atoms with Gasteiger partial charge in [-0.2, -0.15) is 8.42 Å². The normalized spacial score (nSPS) is 16.5. The van der Waals surface area contributed by atoms with Crippen LogP contribution >= 0.6 is 0 Å². The maximum absolute atomic E-state index is 12.6. The number of carbonyl (C=O) groups is 1. The summed E-state index contributed by atoms with van der Waals surface area (Å²) in [6, 6.07) is 5.50. The first-order chi connectivity index (χ1) is 14.3. The highest BCUT2D eigenvalue weighted by Gasteiger charge is 2.25. The monoisotopic (exact) mass is 442 g/mol. The summed E-state index contributed by atoms with van der Waals surface area (Å²) in [5.74, 6) is -0.0570. The van der Waals surface area contributed by atoms with E-state index in [2.05, 4.69) is 4.90 Å². The molecule has 0 radical (unpaired) electrons. The van der Waals surface area contributed by atoms with E-state index in [4.69, 9.17) is 13.7 Å². The summed E-state index contributed by atoms with van der Waals surface area (Å²) in [6.45, 7) is 8.47. The zero-order chi connectivity index (χ0) is 22.1. The first kappa shape index (κ1) is 24.4. The molecule has 9 heteroatoms. The van der Waals surface area contributed by atoms with Gasteiger partial charge in [-0.1, -0.05) is 6.07 Å². The lowest BCUT2D eigenvalue weighted by Gasteiger charge is -2.27. The molecule has 1 aliphatic rings. The van der Waals surface area contributed by atoms with E-state index < -0.39 is 10.1 Å². The van der Waals surface area contributed by atoms with Gasteiger partial charge < -0.3 is 23.5 Å². The molecule has 8 nitrogen and oxygen atoms in total. The highest BCUT2D eigenvalue weighted by Crippen LogP contribution is 2.29. The van der Waals surface area contributed by atoms with Gasteiger partial charge in [0.05, 0.1) is 11.9 Å². The van der Waals surface area contributed by atoms with Gasteiger partial charge in [-0.05, 0) is 39.7 Å². The van der Waals surface area contributed by atoms with Gasteiger partial charge in [0.2, 0.25) is 5.91 Å². The summed E-state index contributed by atoms with van der Waals surface area (Å²) >= 11 is 0. The molecule has 0 N–H and O–H groups in total. The van der Waals surface area contributed by atoms with E-state index in [1.54, 1.807) is 11.0 Å². The van der Waals surface area contributed by atoms with Crippen molar-refractivity contribution in [2.24, 2.45) is 0 Å². The number of nitrogens with zero attached hydrogens (tertiary/aromatic N) is 2. The van der Waals surface area contributed by atoms with Crippen LogP contribution in [0.15, 0.2) is 18.2 Å². The summed E-state index contributed by atoms with van der Waals surface area (Å²) in [5, 5.41) is 0. The Labute approximate surface area is 180 Å². The van der Waals surface area contributed by atoms with Gasteiger partial charge in [0.1, 0.15) is 12.4 Å². The molecule has 2 rings (SSSR count). The zero-order valence-corrected chi connectivity index (χ0v) is 19.2. The Morgan fingerprint density at radius 1 is 1.23 bits per heavy atom. The van der Waals surface area contributed by atoms with E-state index in [0.717, 1.165) is 31.6 Å². The molecule has 1 aromatic rings. The first-order valence-corrected chi connectivity index (χ1v) is 12.1. The smallest absolute Gasteiger partial charge is 0.308 e. The molecule has 0 unspecified atom stereocenters. The van der Waals surface area contributed by atoms with E-state index in [1.807, 2.05) is 26.0 Å². The van der Waals surface area contributed by atoms with Crippen LogP contribution in [0.1, 0.15) is 39.2 Å². The van der Waals surface area contributed by atoms with Crippen LogP contribution < -0.4 is 9.08 Å². The molecular weight excluding hydrogens is 408 g/mol. The SMILES string of the molecule is CCN(CC)c1ccc(CN(C[C@H]2CCCO2)C(=O)COC)c(OS(=O)(=O)CC)c1. The van der Waals surface area contributed by atoms with E-state index >= 15 is 0 Å². The molecule has 1 amide bonds. The molecule has 1 heterocycles. The average Bonchev–Trinajstić information content (AvgIpc) is 3.23. The predicted octanol–water partition coefficient (Wildman–Crippen LogP) is 2.42. The average molecular weight is 443 g/mol. The van der Waals surface area contributed by atoms with E-state index in [-0.39, 0.29) is 36.7 Å². The van der Waals surface area contributed by atoms with Crippen molar-refractivity contribution in [3.05, 3.63) is 23.8 Å². The number of hydrogen-bond acceptors (Lipinski definition) is 7. The first-order valence-electron chi connectivity index (χ1n) is 10.5. The van der Waals surface area contributed by atoms with Crippen molar-refractivity contribution >= 4 is 21.7 Å². The minimum atomic E-state index is -3.71. The van der Waals surface area contributed by atoms with Crippen molar-refractivity contribution < 1.29 is 26.9 Å². The molecule has 0 aromatic heterocycles. The Morgan fingerprint density at radius 2 is 1.97 bits per heavy atom. The van der Waals surface area contributed by atoms with Crippen molar-refractivity contribution in [1.29, 1.82) is 0 Å². The topological polar surface area (TPSA) is 85.4 Å². The van der Waals surface area contributed by atoms with Gasteiger partial charge in [0.15, 0.2) is 0 Å². The molecule has 30 heavy (non-hydrogen) atoms. The second kappa shape index (κ2) is 11.5. The molecule has 1 aromatic carbocycles. The quantitative estimate of drug-likeness (QED) is 0.460. The molecule has 170 valence electrons. The van der Waals surface area contributed by atoms with E-state index in [0.29, 0.717) is 18.7 Å². The van der Waals surface area contributed by atoms with Crippen LogP contribution in [0, 0.1) is 0 Å². The number of amides is 1. The summed E-state index contributed by atoms with van der Waals surface area (Å²) in [4.78, 5) is 16.4. The Balaban J connectivity index is 2.35. The van der Waals surface area contributed by atoms with Gasteiger partial charge in [0.25, 0.3) is 0 Å². The third-order valence-electron chi connectivity index (χ3n) is 5.18. The number of rotatable bonds is 12. The fraction of sp³-hybridized carbons (Fsp3) is 0.667. The number of ether oxygens (including phenoxy) is 2. The van der Waals surface area contributed by atoms with Crippen molar-refractivity contribution in [3.63, 3.8) is 0 Å². The standard InChI is InChI=1S/C21H34N2O6S/c1-5-22(6-2)18-11-10-17(20(13-18)29-30(25,26)7-3)14-23(21(24)16-27-4)15-19-9-8-12-28-19/h10-11,13,19H,5-9,12,14-16H2,1-4H3/t19-/m1/s1. The van der Waals surface area contributed by atoms with Gasteiger partial charge in [0, 0.05) is 57.2 Å². The number of anilines is 1. The molecule has 1 saturated heterocycles. The maximum atomic E-state index is 12.6. The molecule has 1 atom stereocenters. The van der Waals surface area contributed by atoms with Crippen molar-refractivity contribution in [1.82, 2.24) is 4.90 Å². The van der Waals surface area contributed by atoms with Gasteiger partial charge in [-0.25, -0.2) is 0 Å². The molecule has 0 spiro atoms. The molecule has 0 bridgehead atoms. The van der Waals surface area contributed by atoms with Crippen LogP contribution in [0.5, 0.6) is 5.75 Å². The van der Waals surface area contributed by atoms with Crippen LogP contribution in [-0.2, 0) is 30.9 Å². The fourth-order valence-corrected chi connectivity index (χ4v) is 3.99. The van der Waals surface area contributed by atoms with Gasteiger partial charge in [-0.15, -0.1) is 0 Å². The van der Waals surface area contributed by atoms with Crippen LogP contribution in [0.25, 0.3) is 0 Å². The molecule has 0 aliphatic carbocycles. The Hall–Kier alpha value is -1.84. The summed E-state index contributed by atoms with van der Waals surface area (Å²) in [7, 11) is -2.24. The van der Waals surface area contributed by atoms with Gasteiger partial charge >= 0.3 is 10.1 Å². The Kier molecular flexibility index (Phi) is 9.38. The Morgan fingerprint density at radius 3 is 2.53 bits per heavy atom. The van der Waals surface area contributed by atoms with Crippen LogP contribution in [0.4, 0.5) is 5.69 Å². The Bertz CT molecular complexity index is 789. The highest BCUT2D eigenvalue weighted by molar-refractivity contribution is 7.87. The molecule has 1 aliphatic heterocycles. The lowest BCUT2D eigenvalue weighted by atomic mass is 10.1. The lowest BCUT2D eigenvalue weighted by molar-refractivity contribution is -0.137. The summed E-state index contributed by atoms with van der Waals surface area (Å²) in [6.07, 6.45) is 1.84. The van der Waals surface area contributed by atoms with Gasteiger partial charge in [-0.3, -0.25) is 4.79 Å². The van der Waals surface area contributed by atoms with Crippen molar-refractivity contribution in [2.75, 3.05) is 50.6 Å². The third-order valence-corrected chi connectivity index (χ3v) is 6.32. The summed E-state index contributed by atoms with van der Waals surface area (Å²) in [5.41, 5.74) is 1.50. The van der Waals surface area contributed by atoms with Crippen molar-refractivity contribution in [2.45, 2.75) is 46.3 Å². The zero-order valence-electron chi connectivity index (χ0n) is 18.4. The van der Waals surface area contributed by atoms with Crippen LogP contribution in [-0.4, -0.2) is 71.0 Å². The van der Waals surface area contributed by atoms with E-state index in [1.165, 1.54) is 14.0 Å². The second-order valence-corrected chi connectivity index (χ2v) is 9.10. The van der Waals surface area contributed by atoms with E-state index in [9.17, 15) is 13.2 Å². The minimum Gasteiger partial charge on any atom is -0.382 e. The second-order valence-electron chi connectivity index (χ2n) is 7.24. The number of hydrogen-bond donors (Lipinski definition) is 0. The molecule has 0 saturated carbocycles. The lowest BCUT2D eigenvalue weighted by Crippen LogP contribution is -2.39. The van der Waals surface area contributed by atoms with Crippen molar-refractivity contribution in [3.8, 4) is 5.75 Å². The molecule has 1 fully saturated rings. The number of methoxy groups -OCH3 is 1. The third kappa shape index (κ3) is 6.85. The molecular formula is C21H34N2O6S. The minimum absolute atomic E-state index is 0.0236. The number of carbonyl (C=O) groups excluding carboxylic acids is 1. The maximum Gasteiger partial charge on any atom is 0.308 e. The summed E-state index contributed by atoms with van der Waals surface area (Å²) < 4.78 is 40.5. The van der Waals surface area contributed by atoms with Crippen LogP contribution in [0.2, 0.25) is 0 Å². The predicted molar refractivity (Wildman–Crippen MR) is 116 cm³/mol. The highest BCUT2D eigenvalue weighted by atomic mass is 32.2.